The van der Waals surface area contributed by atoms with Crippen molar-refractivity contribution in [1.82, 2.24) is 19.5 Å². The zero-order valence-electron chi connectivity index (χ0n) is 15.6. The first-order valence-electron chi connectivity index (χ1n) is 8.80. The molecule has 0 spiro atoms. The number of aromatic nitrogens is 4. The molecule has 2 aromatic rings. The first kappa shape index (κ1) is 20.8. The Balaban J connectivity index is 1.98. The van der Waals surface area contributed by atoms with Crippen LogP contribution in [0.1, 0.15) is 27.0 Å². The molecule has 28 heavy (non-hydrogen) atoms. The fourth-order valence-electron chi connectivity index (χ4n) is 3.11. The van der Waals surface area contributed by atoms with Crippen molar-refractivity contribution in [3.05, 3.63) is 23.0 Å². The van der Waals surface area contributed by atoms with E-state index < -0.39 is 49.0 Å². The molecule has 0 amide bonds. The molecular formula is C16H24N4O8. The molecule has 1 fully saturated rings. The highest BCUT2D eigenvalue weighted by Crippen LogP contribution is 2.36. The standard InChI is InChI=1S/C16H24N4O8/c1-7(21)25-4-10-12(26-8(2)22)13(27-9(3)23)16(28-10)20-6-19-11-14(20)17-5-18-15(11)24/h5-10,12-13,16,21-23H,4H2,1-3H3,(H,17,18,24)/t7-,8-,9+,10?,12?,13?,16?/m0/s1. The van der Waals surface area contributed by atoms with Crippen LogP contribution in [-0.2, 0) is 18.9 Å². The van der Waals surface area contributed by atoms with Gasteiger partial charge in [-0.15, -0.1) is 0 Å². The van der Waals surface area contributed by atoms with Gasteiger partial charge in [-0.3, -0.25) is 9.36 Å². The van der Waals surface area contributed by atoms with Crippen molar-refractivity contribution in [3.63, 3.8) is 0 Å². The number of H-pyrrole nitrogens is 1. The molecule has 2 aromatic heterocycles. The van der Waals surface area contributed by atoms with Crippen LogP contribution in [0.2, 0.25) is 0 Å². The quantitative estimate of drug-likeness (QED) is 0.397. The maximum atomic E-state index is 11.9. The van der Waals surface area contributed by atoms with Crippen molar-refractivity contribution >= 4 is 11.2 Å². The molecule has 0 aromatic carbocycles. The zero-order valence-corrected chi connectivity index (χ0v) is 15.6. The van der Waals surface area contributed by atoms with Crippen molar-refractivity contribution in [1.29, 1.82) is 0 Å². The number of aliphatic hydroxyl groups is 3. The van der Waals surface area contributed by atoms with Gasteiger partial charge < -0.3 is 39.3 Å². The zero-order chi connectivity index (χ0) is 20.4. The molecular weight excluding hydrogens is 376 g/mol. The molecule has 3 heterocycles. The molecule has 4 unspecified atom stereocenters. The fraction of sp³-hybridized carbons (Fsp3) is 0.688. The predicted octanol–water partition coefficient (Wildman–Crippen LogP) is -1.18. The lowest BCUT2D eigenvalue weighted by atomic mass is 10.1. The van der Waals surface area contributed by atoms with E-state index in [9.17, 15) is 20.1 Å². The summed E-state index contributed by atoms with van der Waals surface area (Å²) >= 11 is 0. The summed E-state index contributed by atoms with van der Waals surface area (Å²) in [6, 6.07) is 0. The Labute approximate surface area is 159 Å². The van der Waals surface area contributed by atoms with Crippen molar-refractivity contribution in [2.75, 3.05) is 6.61 Å². The lowest BCUT2D eigenvalue weighted by Gasteiger charge is -2.27. The fourth-order valence-corrected chi connectivity index (χ4v) is 3.11. The van der Waals surface area contributed by atoms with Gasteiger partial charge in [0.2, 0.25) is 0 Å². The summed E-state index contributed by atoms with van der Waals surface area (Å²) in [4.78, 5) is 22.6. The number of aromatic amines is 1. The van der Waals surface area contributed by atoms with E-state index in [1.807, 2.05) is 0 Å². The second kappa shape index (κ2) is 8.61. The molecule has 0 aliphatic carbocycles. The Morgan fingerprint density at radius 3 is 2.46 bits per heavy atom. The van der Waals surface area contributed by atoms with Crippen LogP contribution in [0.25, 0.3) is 11.2 Å². The predicted molar refractivity (Wildman–Crippen MR) is 92.8 cm³/mol. The van der Waals surface area contributed by atoms with Gasteiger partial charge in [0, 0.05) is 0 Å². The molecule has 12 heteroatoms. The van der Waals surface area contributed by atoms with Gasteiger partial charge in [0.15, 0.2) is 36.3 Å². The number of nitrogens with zero attached hydrogens (tertiary/aromatic N) is 3. The number of fused-ring (bicyclic) bond motifs is 1. The number of nitrogens with one attached hydrogen (secondary N) is 1. The maximum Gasteiger partial charge on any atom is 0.278 e. The molecule has 1 aliphatic heterocycles. The Hall–Kier alpha value is -1.93. The highest BCUT2D eigenvalue weighted by Gasteiger charge is 2.49. The van der Waals surface area contributed by atoms with Gasteiger partial charge in [-0.25, -0.2) is 9.97 Å². The highest BCUT2D eigenvalue weighted by molar-refractivity contribution is 5.68. The minimum Gasteiger partial charge on any atom is -0.368 e. The average molecular weight is 400 g/mol. The van der Waals surface area contributed by atoms with Gasteiger partial charge in [-0.2, -0.15) is 0 Å². The van der Waals surface area contributed by atoms with Crippen LogP contribution in [0.4, 0.5) is 0 Å². The van der Waals surface area contributed by atoms with Crippen molar-refractivity contribution in [2.24, 2.45) is 0 Å². The molecule has 0 bridgehead atoms. The Kier molecular flexibility index (Phi) is 6.40. The molecule has 0 saturated carbocycles. The van der Waals surface area contributed by atoms with Crippen LogP contribution in [-0.4, -0.2) is 78.6 Å². The van der Waals surface area contributed by atoms with E-state index in [4.69, 9.17) is 18.9 Å². The lowest BCUT2D eigenvalue weighted by molar-refractivity contribution is -0.206. The maximum absolute atomic E-state index is 11.9. The van der Waals surface area contributed by atoms with Crippen LogP contribution in [0.15, 0.2) is 17.4 Å². The number of hydrogen-bond acceptors (Lipinski definition) is 10. The van der Waals surface area contributed by atoms with Gasteiger partial charge in [-0.1, -0.05) is 0 Å². The number of rotatable bonds is 8. The summed E-state index contributed by atoms with van der Waals surface area (Å²) in [6.45, 7) is 4.23. The van der Waals surface area contributed by atoms with Crippen LogP contribution in [0, 0.1) is 0 Å². The normalized spacial score (nSPS) is 28.5. The van der Waals surface area contributed by atoms with Crippen molar-refractivity contribution in [2.45, 2.75) is 64.2 Å². The first-order valence-corrected chi connectivity index (χ1v) is 8.80. The number of ether oxygens (including phenoxy) is 4. The Morgan fingerprint density at radius 1 is 1.14 bits per heavy atom. The highest BCUT2D eigenvalue weighted by atomic mass is 16.7. The second-order valence-electron chi connectivity index (χ2n) is 6.45. The lowest BCUT2D eigenvalue weighted by Crippen LogP contribution is -2.42. The van der Waals surface area contributed by atoms with Gasteiger partial charge in [-0.05, 0) is 20.8 Å². The topological polar surface area (TPSA) is 161 Å². The second-order valence-corrected chi connectivity index (χ2v) is 6.45. The first-order chi connectivity index (χ1) is 13.3. The van der Waals surface area contributed by atoms with Gasteiger partial charge in [0.05, 0.1) is 19.3 Å². The summed E-state index contributed by atoms with van der Waals surface area (Å²) in [7, 11) is 0. The summed E-state index contributed by atoms with van der Waals surface area (Å²) in [5.74, 6) is 0. The van der Waals surface area contributed by atoms with Gasteiger partial charge >= 0.3 is 0 Å². The monoisotopic (exact) mass is 400 g/mol. The van der Waals surface area contributed by atoms with Crippen LogP contribution < -0.4 is 5.56 Å². The summed E-state index contributed by atoms with van der Waals surface area (Å²) in [5.41, 5.74) is -0.0556. The molecule has 156 valence electrons. The third kappa shape index (κ3) is 4.38. The average Bonchev–Trinajstić information content (AvgIpc) is 3.16. The minimum atomic E-state index is -1.17. The number of hydrogen-bond donors (Lipinski definition) is 4. The van der Waals surface area contributed by atoms with E-state index in [0.717, 1.165) is 0 Å². The van der Waals surface area contributed by atoms with Gasteiger partial charge in [0.1, 0.15) is 18.3 Å². The molecule has 12 nitrogen and oxygen atoms in total. The Morgan fingerprint density at radius 2 is 1.82 bits per heavy atom. The molecule has 0 radical (unpaired) electrons. The summed E-state index contributed by atoms with van der Waals surface area (Å²) < 4.78 is 23.8. The molecule has 1 aliphatic rings. The number of imidazole rings is 1. The molecule has 3 rings (SSSR count). The third-order valence-electron chi connectivity index (χ3n) is 4.13. The summed E-state index contributed by atoms with van der Waals surface area (Å²) in [6.07, 6.45) is -4.14. The van der Waals surface area contributed by atoms with Crippen LogP contribution >= 0.6 is 0 Å². The van der Waals surface area contributed by atoms with E-state index in [2.05, 4.69) is 15.0 Å². The minimum absolute atomic E-state index is 0.0636. The molecule has 4 N–H and O–H groups in total. The van der Waals surface area contributed by atoms with E-state index in [0.29, 0.717) is 0 Å². The van der Waals surface area contributed by atoms with Crippen LogP contribution in [0.3, 0.4) is 0 Å². The molecule has 1 saturated heterocycles. The largest absolute Gasteiger partial charge is 0.368 e. The van der Waals surface area contributed by atoms with E-state index in [1.54, 1.807) is 0 Å². The SMILES string of the molecule is C[C@H](O)OC1C(O[C@@H](C)O)C(CO[C@@H](C)O)OC1n1cnc2c(=O)[nH]cnc21. The van der Waals surface area contributed by atoms with E-state index >= 15 is 0 Å². The van der Waals surface area contributed by atoms with Crippen molar-refractivity contribution < 1.29 is 34.3 Å². The Bertz CT molecular complexity index is 835. The van der Waals surface area contributed by atoms with Crippen molar-refractivity contribution in [3.8, 4) is 0 Å². The summed E-state index contributed by atoms with van der Waals surface area (Å²) in [5, 5.41) is 28.9. The molecule has 7 atom stereocenters. The smallest absolute Gasteiger partial charge is 0.278 e. The van der Waals surface area contributed by atoms with E-state index in [1.165, 1.54) is 38.0 Å². The van der Waals surface area contributed by atoms with Crippen LogP contribution in [0.5, 0.6) is 0 Å². The third-order valence-corrected chi connectivity index (χ3v) is 4.13. The number of aliphatic hydroxyl groups excluding tert-OH is 3. The van der Waals surface area contributed by atoms with E-state index in [-0.39, 0.29) is 17.8 Å². The van der Waals surface area contributed by atoms with Gasteiger partial charge in [0.25, 0.3) is 5.56 Å².